The smallest absolute Gasteiger partial charge is 0.477 e. The second kappa shape index (κ2) is 12.8. The first-order valence-electron chi connectivity index (χ1n) is 11.7. The summed E-state index contributed by atoms with van der Waals surface area (Å²) in [6.45, 7) is 4.56. The fourth-order valence-corrected chi connectivity index (χ4v) is 4.79. The maximum Gasteiger partial charge on any atom is 0.490 e. The third-order valence-corrected chi connectivity index (χ3v) is 6.78. The first-order chi connectivity index (χ1) is 17.1. The van der Waals surface area contributed by atoms with Gasteiger partial charge in [0.1, 0.15) is 0 Å². The zero-order valence-corrected chi connectivity index (χ0v) is 20.3. The van der Waals surface area contributed by atoms with E-state index in [1.165, 1.54) is 58.2 Å². The van der Waals surface area contributed by atoms with Crippen molar-refractivity contribution in [3.05, 3.63) is 24.4 Å². The van der Waals surface area contributed by atoms with Crippen molar-refractivity contribution in [2.45, 2.75) is 62.5 Å². The predicted octanol–water partition coefficient (Wildman–Crippen LogP) is 4.07. The SMILES string of the molecule is CN1CCC(COc2ccccn2)CC12CN(C1CCCC1)C2.O=C(O)C(F)(F)F.O=C(O)C(F)(F)F. The van der Waals surface area contributed by atoms with Gasteiger partial charge in [0.05, 0.1) is 6.61 Å². The summed E-state index contributed by atoms with van der Waals surface area (Å²) in [6.07, 6.45) is -0.127. The number of likely N-dealkylation sites (N-methyl/N-ethyl adjacent to an activating group) is 1. The molecule has 3 aliphatic rings. The molecule has 3 heterocycles. The molecule has 1 saturated carbocycles. The van der Waals surface area contributed by atoms with E-state index in [0.717, 1.165) is 18.5 Å². The van der Waals surface area contributed by atoms with Gasteiger partial charge in [-0.05, 0) is 51.3 Å². The standard InChI is InChI=1S/C19H29N3O.2C2HF3O2/c1-21-11-9-16(13-23-18-8-4-5-10-20-18)12-19(21)14-22(15-19)17-6-2-3-7-17;2*3-2(4,5)1(6)7/h4-5,8,10,16-17H,2-3,6-7,9,11-15H2,1H3;2*(H,6,7). The average molecular weight is 544 g/mol. The molecule has 3 fully saturated rings. The molecule has 0 bridgehead atoms. The van der Waals surface area contributed by atoms with Crippen molar-refractivity contribution in [2.24, 2.45) is 5.92 Å². The Morgan fingerprint density at radius 3 is 2.03 bits per heavy atom. The van der Waals surface area contributed by atoms with Gasteiger partial charge in [-0.15, -0.1) is 0 Å². The third-order valence-electron chi connectivity index (χ3n) is 6.78. The molecule has 8 nitrogen and oxygen atoms in total. The Hall–Kier alpha value is -2.61. The minimum atomic E-state index is -5.08. The lowest BCUT2D eigenvalue weighted by molar-refractivity contribution is -0.193. The lowest BCUT2D eigenvalue weighted by Crippen LogP contribution is -2.73. The molecular weight excluding hydrogens is 512 g/mol. The third kappa shape index (κ3) is 9.33. The van der Waals surface area contributed by atoms with E-state index in [1.807, 2.05) is 18.2 Å². The van der Waals surface area contributed by atoms with Crippen LogP contribution >= 0.6 is 0 Å². The lowest BCUT2D eigenvalue weighted by Gasteiger charge is -2.60. The summed E-state index contributed by atoms with van der Waals surface area (Å²) in [5.41, 5.74) is 0.416. The number of hydrogen-bond donors (Lipinski definition) is 2. The number of likely N-dealkylation sites (tertiary alicyclic amines) is 2. The lowest BCUT2D eigenvalue weighted by atomic mass is 9.74. The molecular formula is C23H31F6N3O5. The summed E-state index contributed by atoms with van der Waals surface area (Å²) in [6, 6.07) is 6.75. The average Bonchev–Trinajstić information content (AvgIpc) is 3.32. The number of hydrogen-bond acceptors (Lipinski definition) is 6. The Bertz CT molecular complexity index is 848. The fourth-order valence-electron chi connectivity index (χ4n) is 4.79. The zero-order chi connectivity index (χ0) is 27.9. The van der Waals surface area contributed by atoms with Crippen LogP contribution in [0.1, 0.15) is 38.5 Å². The molecule has 2 aliphatic heterocycles. The molecule has 0 aromatic carbocycles. The van der Waals surface area contributed by atoms with E-state index >= 15 is 0 Å². The number of halogens is 6. The molecule has 1 aromatic rings. The molecule has 0 amide bonds. The van der Waals surface area contributed by atoms with Crippen molar-refractivity contribution in [3.8, 4) is 5.88 Å². The van der Waals surface area contributed by atoms with E-state index in [4.69, 9.17) is 24.5 Å². The number of carbonyl (C=O) groups is 2. The van der Waals surface area contributed by atoms with Crippen molar-refractivity contribution < 1.29 is 50.9 Å². The van der Waals surface area contributed by atoms with Crippen molar-refractivity contribution >= 4 is 11.9 Å². The van der Waals surface area contributed by atoms with Crippen LogP contribution in [0.15, 0.2) is 24.4 Å². The van der Waals surface area contributed by atoms with E-state index in [0.29, 0.717) is 11.5 Å². The van der Waals surface area contributed by atoms with Gasteiger partial charge >= 0.3 is 24.3 Å². The first kappa shape index (κ1) is 30.6. The zero-order valence-electron chi connectivity index (χ0n) is 20.3. The van der Waals surface area contributed by atoms with Crippen LogP contribution in [0.4, 0.5) is 26.3 Å². The molecule has 1 spiro atoms. The van der Waals surface area contributed by atoms with Crippen LogP contribution in [-0.4, -0.2) is 94.2 Å². The number of aliphatic carboxylic acids is 2. The van der Waals surface area contributed by atoms with E-state index in [1.54, 1.807) is 6.20 Å². The predicted molar refractivity (Wildman–Crippen MR) is 119 cm³/mol. The van der Waals surface area contributed by atoms with Gasteiger partial charge in [0.15, 0.2) is 0 Å². The number of carboxylic acids is 2. The number of piperidine rings is 1. The number of carboxylic acid groups (broad SMARTS) is 2. The molecule has 210 valence electrons. The summed E-state index contributed by atoms with van der Waals surface area (Å²) >= 11 is 0. The molecule has 1 aromatic heterocycles. The first-order valence-corrected chi connectivity index (χ1v) is 11.7. The van der Waals surface area contributed by atoms with Crippen molar-refractivity contribution in [2.75, 3.05) is 33.3 Å². The minimum absolute atomic E-state index is 0.416. The number of alkyl halides is 6. The van der Waals surface area contributed by atoms with Crippen LogP contribution in [0.5, 0.6) is 5.88 Å². The summed E-state index contributed by atoms with van der Waals surface area (Å²) in [5.74, 6) is -4.08. The number of pyridine rings is 1. The van der Waals surface area contributed by atoms with Crippen LogP contribution in [0.3, 0.4) is 0 Å². The van der Waals surface area contributed by atoms with Gasteiger partial charge in [-0.1, -0.05) is 18.9 Å². The van der Waals surface area contributed by atoms with E-state index in [9.17, 15) is 26.3 Å². The summed E-state index contributed by atoms with van der Waals surface area (Å²) < 4.78 is 69.4. The molecule has 37 heavy (non-hydrogen) atoms. The van der Waals surface area contributed by atoms with Gasteiger partial charge in [-0.3, -0.25) is 9.80 Å². The summed E-state index contributed by atoms with van der Waals surface area (Å²) in [7, 11) is 2.32. The van der Waals surface area contributed by atoms with E-state index in [-0.39, 0.29) is 0 Å². The highest BCUT2D eigenvalue weighted by Crippen LogP contribution is 2.41. The van der Waals surface area contributed by atoms with Gasteiger partial charge in [0, 0.05) is 36.9 Å². The molecule has 2 N–H and O–H groups in total. The second-order valence-electron chi connectivity index (χ2n) is 9.43. The fraction of sp³-hybridized carbons (Fsp3) is 0.696. The maximum absolute atomic E-state index is 10.6. The molecule has 14 heteroatoms. The molecule has 1 atom stereocenters. The number of ether oxygens (including phenoxy) is 1. The monoisotopic (exact) mass is 543 g/mol. The quantitative estimate of drug-likeness (QED) is 0.548. The van der Waals surface area contributed by atoms with Crippen molar-refractivity contribution in [1.82, 2.24) is 14.8 Å². The van der Waals surface area contributed by atoms with E-state index in [2.05, 4.69) is 21.8 Å². The van der Waals surface area contributed by atoms with Crippen LogP contribution in [0.2, 0.25) is 0 Å². The normalized spacial score (nSPS) is 22.2. The topological polar surface area (TPSA) is 103 Å². The highest BCUT2D eigenvalue weighted by molar-refractivity contribution is 5.73. The van der Waals surface area contributed by atoms with Crippen LogP contribution < -0.4 is 4.74 Å². The molecule has 4 rings (SSSR count). The molecule has 1 unspecified atom stereocenters. The number of nitrogens with zero attached hydrogens (tertiary/aromatic N) is 3. The second-order valence-corrected chi connectivity index (χ2v) is 9.43. The van der Waals surface area contributed by atoms with Crippen LogP contribution in [-0.2, 0) is 9.59 Å². The highest BCUT2D eigenvalue weighted by atomic mass is 19.4. The Morgan fingerprint density at radius 1 is 1.03 bits per heavy atom. The van der Waals surface area contributed by atoms with Gasteiger partial charge in [0.2, 0.25) is 5.88 Å². The van der Waals surface area contributed by atoms with Gasteiger partial charge < -0.3 is 14.9 Å². The number of rotatable bonds is 4. The summed E-state index contributed by atoms with van der Waals surface area (Å²) in [5, 5.41) is 14.2. The Balaban J connectivity index is 0.000000286. The van der Waals surface area contributed by atoms with Gasteiger partial charge in [-0.25, -0.2) is 14.6 Å². The Morgan fingerprint density at radius 2 is 1.57 bits per heavy atom. The van der Waals surface area contributed by atoms with Crippen LogP contribution in [0.25, 0.3) is 0 Å². The van der Waals surface area contributed by atoms with Crippen molar-refractivity contribution in [1.29, 1.82) is 0 Å². The highest BCUT2D eigenvalue weighted by Gasteiger charge is 2.51. The van der Waals surface area contributed by atoms with Crippen molar-refractivity contribution in [3.63, 3.8) is 0 Å². The molecule has 1 aliphatic carbocycles. The van der Waals surface area contributed by atoms with Gasteiger partial charge in [-0.2, -0.15) is 26.3 Å². The summed E-state index contributed by atoms with van der Waals surface area (Å²) in [4.78, 5) is 27.4. The number of aromatic nitrogens is 1. The Kier molecular flexibility index (Phi) is 10.6. The largest absolute Gasteiger partial charge is 0.490 e. The van der Waals surface area contributed by atoms with E-state index < -0.39 is 24.3 Å². The van der Waals surface area contributed by atoms with Crippen LogP contribution in [0, 0.1) is 5.92 Å². The Labute approximate surface area is 210 Å². The van der Waals surface area contributed by atoms with Gasteiger partial charge in [0.25, 0.3) is 0 Å². The molecule has 0 radical (unpaired) electrons. The molecule has 2 saturated heterocycles. The maximum atomic E-state index is 10.6. The minimum Gasteiger partial charge on any atom is -0.477 e.